The van der Waals surface area contributed by atoms with Crippen LogP contribution < -0.4 is 10.6 Å². The number of nitrogens with one attached hydrogen (secondary N) is 2. The van der Waals surface area contributed by atoms with Crippen molar-refractivity contribution in [2.45, 2.75) is 39.3 Å². The van der Waals surface area contributed by atoms with E-state index < -0.39 is 0 Å². The first-order valence-corrected chi connectivity index (χ1v) is 7.84. The van der Waals surface area contributed by atoms with Crippen LogP contribution in [0.15, 0.2) is 6.07 Å². The molecule has 1 aliphatic rings. The zero-order valence-electron chi connectivity index (χ0n) is 13.4. The third kappa shape index (κ3) is 4.82. The Labute approximate surface area is 127 Å². The summed E-state index contributed by atoms with van der Waals surface area (Å²) in [4.78, 5) is 11.4. The van der Waals surface area contributed by atoms with Gasteiger partial charge in [0, 0.05) is 32.3 Å². The molecule has 6 heteroatoms. The lowest BCUT2D eigenvalue weighted by Crippen LogP contribution is -2.35. The minimum absolute atomic E-state index is 0.447. The van der Waals surface area contributed by atoms with Gasteiger partial charge in [-0.2, -0.15) is 0 Å². The average molecular weight is 293 g/mol. The zero-order chi connectivity index (χ0) is 15.1. The topological polar surface area (TPSA) is 62.3 Å². The lowest BCUT2D eigenvalue weighted by Gasteiger charge is -2.24. The molecule has 1 atom stereocenters. The summed E-state index contributed by atoms with van der Waals surface area (Å²) in [7, 11) is 1.86. The van der Waals surface area contributed by atoms with E-state index >= 15 is 0 Å². The van der Waals surface area contributed by atoms with Gasteiger partial charge in [-0.15, -0.1) is 0 Å². The molecule has 1 unspecified atom stereocenters. The van der Waals surface area contributed by atoms with E-state index in [0.29, 0.717) is 25.1 Å². The van der Waals surface area contributed by atoms with Crippen LogP contribution in [-0.4, -0.2) is 54.2 Å². The van der Waals surface area contributed by atoms with E-state index in [1.54, 1.807) is 0 Å². The molecule has 0 radical (unpaired) electrons. The Balaban J connectivity index is 1.94. The molecule has 6 nitrogen and oxygen atoms in total. The van der Waals surface area contributed by atoms with Crippen molar-refractivity contribution in [1.29, 1.82) is 0 Å². The molecule has 118 valence electrons. The largest absolute Gasteiger partial charge is 0.374 e. The summed E-state index contributed by atoms with van der Waals surface area (Å²) in [5.74, 6) is 2.38. The number of likely N-dealkylation sites (tertiary alicyclic amines) is 1. The number of rotatable bonds is 8. The van der Waals surface area contributed by atoms with Gasteiger partial charge in [0.25, 0.3) is 0 Å². The maximum absolute atomic E-state index is 5.39. The number of nitrogens with zero attached hydrogens (tertiary/aromatic N) is 3. The summed E-state index contributed by atoms with van der Waals surface area (Å²) in [6.07, 6.45) is 2.64. The standard InChI is InChI=1S/C15H27N5O/c1-4-21-11-15-18-13(16-3)9-14(19-15)17-10-12(2)20-7-5-6-8-20/h9,12H,4-8,10-11H2,1-3H3,(H2,16,17,18,19). The SMILES string of the molecule is CCOCc1nc(NC)cc(NCC(C)N2CCCC2)n1. The van der Waals surface area contributed by atoms with Gasteiger partial charge in [-0.3, -0.25) is 4.90 Å². The molecule has 0 saturated carbocycles. The molecule has 1 aromatic rings. The second-order valence-corrected chi connectivity index (χ2v) is 5.41. The van der Waals surface area contributed by atoms with Crippen molar-refractivity contribution in [1.82, 2.24) is 14.9 Å². The fourth-order valence-electron chi connectivity index (χ4n) is 2.54. The summed E-state index contributed by atoms with van der Waals surface area (Å²) >= 11 is 0. The third-order valence-corrected chi connectivity index (χ3v) is 3.81. The maximum Gasteiger partial charge on any atom is 0.158 e. The minimum atomic E-state index is 0.447. The van der Waals surface area contributed by atoms with Crippen molar-refractivity contribution in [3.05, 3.63) is 11.9 Å². The number of ether oxygens (including phenoxy) is 1. The molecule has 0 spiro atoms. The molecule has 0 amide bonds. The van der Waals surface area contributed by atoms with Gasteiger partial charge in [0.1, 0.15) is 18.2 Å². The van der Waals surface area contributed by atoms with Crippen LogP contribution in [0.5, 0.6) is 0 Å². The number of hydrogen-bond donors (Lipinski definition) is 2. The van der Waals surface area contributed by atoms with Gasteiger partial charge >= 0.3 is 0 Å². The predicted molar refractivity (Wildman–Crippen MR) is 85.7 cm³/mol. The molecule has 1 fully saturated rings. The van der Waals surface area contributed by atoms with Crippen LogP contribution >= 0.6 is 0 Å². The van der Waals surface area contributed by atoms with E-state index in [-0.39, 0.29) is 0 Å². The molecule has 1 aromatic heterocycles. The van der Waals surface area contributed by atoms with Crippen LogP contribution in [0.4, 0.5) is 11.6 Å². The highest BCUT2D eigenvalue weighted by Gasteiger charge is 2.17. The number of aromatic nitrogens is 2. The van der Waals surface area contributed by atoms with E-state index in [0.717, 1.165) is 18.2 Å². The Morgan fingerprint density at radius 1 is 1.29 bits per heavy atom. The molecule has 2 N–H and O–H groups in total. The normalized spacial score (nSPS) is 16.9. The highest BCUT2D eigenvalue weighted by molar-refractivity contribution is 5.47. The van der Waals surface area contributed by atoms with Gasteiger partial charge in [-0.25, -0.2) is 9.97 Å². The van der Waals surface area contributed by atoms with Crippen LogP contribution in [0, 0.1) is 0 Å². The van der Waals surface area contributed by atoms with Crippen molar-refractivity contribution in [2.24, 2.45) is 0 Å². The zero-order valence-corrected chi connectivity index (χ0v) is 13.4. The van der Waals surface area contributed by atoms with E-state index in [2.05, 4.69) is 32.4 Å². The molecule has 1 aliphatic heterocycles. The molecule has 2 rings (SSSR count). The van der Waals surface area contributed by atoms with Gasteiger partial charge in [0.15, 0.2) is 5.82 Å². The van der Waals surface area contributed by atoms with E-state index in [1.807, 2.05) is 20.0 Å². The maximum atomic E-state index is 5.39. The second-order valence-electron chi connectivity index (χ2n) is 5.41. The Morgan fingerprint density at radius 2 is 2.00 bits per heavy atom. The van der Waals surface area contributed by atoms with E-state index in [4.69, 9.17) is 4.74 Å². The first-order valence-electron chi connectivity index (χ1n) is 7.84. The molecular formula is C15H27N5O. The smallest absolute Gasteiger partial charge is 0.158 e. The lowest BCUT2D eigenvalue weighted by molar-refractivity contribution is 0.128. The Morgan fingerprint density at radius 3 is 2.67 bits per heavy atom. The quantitative estimate of drug-likeness (QED) is 0.764. The lowest BCUT2D eigenvalue weighted by atomic mass is 10.3. The highest BCUT2D eigenvalue weighted by Crippen LogP contribution is 2.14. The van der Waals surface area contributed by atoms with Crippen molar-refractivity contribution in [3.8, 4) is 0 Å². The molecule has 0 bridgehead atoms. The molecular weight excluding hydrogens is 266 g/mol. The molecule has 1 saturated heterocycles. The van der Waals surface area contributed by atoms with Gasteiger partial charge in [-0.05, 0) is 39.8 Å². The Bertz CT molecular complexity index is 434. The predicted octanol–water partition coefficient (Wildman–Crippen LogP) is 1.95. The molecule has 2 heterocycles. The fourth-order valence-corrected chi connectivity index (χ4v) is 2.54. The monoisotopic (exact) mass is 293 g/mol. The third-order valence-electron chi connectivity index (χ3n) is 3.81. The summed E-state index contributed by atoms with van der Waals surface area (Å²) in [6, 6.07) is 2.46. The number of anilines is 2. The second kappa shape index (κ2) is 8.14. The van der Waals surface area contributed by atoms with Crippen LogP contribution in [0.1, 0.15) is 32.5 Å². The molecule has 0 aliphatic carbocycles. The summed E-state index contributed by atoms with van der Waals surface area (Å²) in [5.41, 5.74) is 0. The number of hydrogen-bond acceptors (Lipinski definition) is 6. The van der Waals surface area contributed by atoms with Crippen LogP contribution in [0.25, 0.3) is 0 Å². The molecule has 21 heavy (non-hydrogen) atoms. The van der Waals surface area contributed by atoms with Crippen molar-refractivity contribution in [3.63, 3.8) is 0 Å². The van der Waals surface area contributed by atoms with Crippen LogP contribution in [-0.2, 0) is 11.3 Å². The van der Waals surface area contributed by atoms with E-state index in [9.17, 15) is 0 Å². The van der Waals surface area contributed by atoms with Gasteiger partial charge in [0.05, 0.1) is 0 Å². The summed E-state index contributed by atoms with van der Waals surface area (Å²) in [6.45, 7) is 8.67. The Hall–Kier alpha value is -1.40. The summed E-state index contributed by atoms with van der Waals surface area (Å²) < 4.78 is 5.39. The van der Waals surface area contributed by atoms with Crippen molar-refractivity contribution >= 4 is 11.6 Å². The van der Waals surface area contributed by atoms with Gasteiger partial charge in [-0.1, -0.05) is 0 Å². The fraction of sp³-hybridized carbons (Fsp3) is 0.733. The minimum Gasteiger partial charge on any atom is -0.374 e. The van der Waals surface area contributed by atoms with Crippen LogP contribution in [0.2, 0.25) is 0 Å². The highest BCUT2D eigenvalue weighted by atomic mass is 16.5. The van der Waals surface area contributed by atoms with Crippen molar-refractivity contribution in [2.75, 3.05) is 43.9 Å². The first-order chi connectivity index (χ1) is 10.2. The summed E-state index contributed by atoms with van der Waals surface area (Å²) in [5, 5.41) is 6.49. The van der Waals surface area contributed by atoms with Gasteiger partial charge < -0.3 is 15.4 Å². The van der Waals surface area contributed by atoms with Crippen molar-refractivity contribution < 1.29 is 4.74 Å². The van der Waals surface area contributed by atoms with E-state index in [1.165, 1.54) is 25.9 Å². The molecule has 0 aromatic carbocycles. The van der Waals surface area contributed by atoms with Crippen LogP contribution in [0.3, 0.4) is 0 Å². The van der Waals surface area contributed by atoms with Gasteiger partial charge in [0.2, 0.25) is 0 Å². The first kappa shape index (κ1) is 16.0. The average Bonchev–Trinajstić information content (AvgIpc) is 3.04. The Kier molecular flexibility index (Phi) is 6.20.